The first kappa shape index (κ1) is 21.4. The van der Waals surface area contributed by atoms with Crippen molar-refractivity contribution in [3.63, 3.8) is 0 Å². The Morgan fingerprint density at radius 2 is 1.69 bits per heavy atom. The molecule has 32 heavy (non-hydrogen) atoms. The zero-order valence-corrected chi connectivity index (χ0v) is 18.0. The molecule has 164 valence electrons. The minimum Gasteiger partial charge on any atom is -0.493 e. The maximum atomic E-state index is 13.2. The van der Waals surface area contributed by atoms with Crippen LogP contribution in [-0.2, 0) is 16.0 Å². The van der Waals surface area contributed by atoms with E-state index in [9.17, 15) is 9.59 Å². The third-order valence-corrected chi connectivity index (χ3v) is 5.55. The average Bonchev–Trinajstić information content (AvgIpc) is 2.86. The predicted octanol–water partition coefficient (Wildman–Crippen LogP) is 3.43. The van der Waals surface area contributed by atoms with E-state index in [0.717, 1.165) is 16.7 Å². The van der Waals surface area contributed by atoms with Crippen molar-refractivity contribution in [2.75, 3.05) is 27.4 Å². The molecular formula is C25H24N2O5. The first-order valence-electron chi connectivity index (χ1n) is 10.3. The Labute approximate surface area is 186 Å². The van der Waals surface area contributed by atoms with Crippen LogP contribution in [0.25, 0.3) is 0 Å². The van der Waals surface area contributed by atoms with Gasteiger partial charge in [0.1, 0.15) is 0 Å². The SMILES string of the molecule is COc1cc2c(cc1OC)[C@@H](c1ccccc1)N(C(=O)COC(=O)c1ccncc1)CC2. The summed E-state index contributed by atoms with van der Waals surface area (Å²) in [6.45, 7) is 0.154. The predicted molar refractivity (Wildman–Crippen MR) is 118 cm³/mol. The highest BCUT2D eigenvalue weighted by Crippen LogP contribution is 2.41. The van der Waals surface area contributed by atoms with E-state index in [1.54, 1.807) is 31.3 Å². The normalized spacial score (nSPS) is 14.9. The molecule has 7 nitrogen and oxygen atoms in total. The lowest BCUT2D eigenvalue weighted by Crippen LogP contribution is -2.42. The van der Waals surface area contributed by atoms with Crippen LogP contribution >= 0.6 is 0 Å². The summed E-state index contributed by atoms with van der Waals surface area (Å²) < 4.78 is 16.3. The van der Waals surface area contributed by atoms with Gasteiger partial charge in [0.25, 0.3) is 5.91 Å². The fourth-order valence-corrected chi connectivity index (χ4v) is 3.99. The minimum atomic E-state index is -0.555. The number of esters is 1. The summed E-state index contributed by atoms with van der Waals surface area (Å²) in [5.41, 5.74) is 3.38. The summed E-state index contributed by atoms with van der Waals surface area (Å²) in [7, 11) is 3.20. The Balaban J connectivity index is 1.63. The Bertz CT molecular complexity index is 1100. The molecule has 1 aromatic heterocycles. The monoisotopic (exact) mass is 432 g/mol. The smallest absolute Gasteiger partial charge is 0.338 e. The molecule has 1 atom stereocenters. The Morgan fingerprint density at radius 3 is 2.38 bits per heavy atom. The van der Waals surface area contributed by atoms with Crippen LogP contribution in [0.5, 0.6) is 11.5 Å². The molecule has 2 heterocycles. The number of methoxy groups -OCH3 is 2. The van der Waals surface area contributed by atoms with Crippen molar-refractivity contribution in [1.82, 2.24) is 9.88 Å². The number of hydrogen-bond donors (Lipinski definition) is 0. The largest absolute Gasteiger partial charge is 0.493 e. The number of amides is 1. The number of pyridine rings is 1. The molecular weight excluding hydrogens is 408 g/mol. The van der Waals surface area contributed by atoms with Crippen LogP contribution in [0.15, 0.2) is 67.0 Å². The molecule has 2 aromatic carbocycles. The van der Waals surface area contributed by atoms with Gasteiger partial charge in [-0.1, -0.05) is 30.3 Å². The van der Waals surface area contributed by atoms with E-state index < -0.39 is 5.97 Å². The fourth-order valence-electron chi connectivity index (χ4n) is 3.99. The molecule has 7 heteroatoms. The minimum absolute atomic E-state index is 0.262. The van der Waals surface area contributed by atoms with Gasteiger partial charge in [-0.3, -0.25) is 9.78 Å². The molecule has 1 aliphatic rings. The van der Waals surface area contributed by atoms with Crippen molar-refractivity contribution in [3.05, 3.63) is 89.2 Å². The summed E-state index contributed by atoms with van der Waals surface area (Å²) in [5.74, 6) is 0.442. The van der Waals surface area contributed by atoms with Gasteiger partial charge in [-0.25, -0.2) is 4.79 Å². The highest BCUT2D eigenvalue weighted by molar-refractivity contribution is 5.91. The number of carbonyl (C=O) groups is 2. The zero-order valence-electron chi connectivity index (χ0n) is 18.0. The molecule has 0 spiro atoms. The van der Waals surface area contributed by atoms with E-state index in [1.165, 1.54) is 12.4 Å². The van der Waals surface area contributed by atoms with Crippen LogP contribution in [0.2, 0.25) is 0 Å². The number of ether oxygens (including phenoxy) is 3. The lowest BCUT2D eigenvalue weighted by Gasteiger charge is -2.38. The fraction of sp³-hybridized carbons (Fsp3) is 0.240. The van der Waals surface area contributed by atoms with Crippen LogP contribution in [0.1, 0.15) is 33.1 Å². The van der Waals surface area contributed by atoms with E-state index in [2.05, 4.69) is 4.98 Å². The van der Waals surface area contributed by atoms with Crippen molar-refractivity contribution < 1.29 is 23.8 Å². The first-order valence-corrected chi connectivity index (χ1v) is 10.3. The number of carbonyl (C=O) groups excluding carboxylic acids is 2. The van der Waals surface area contributed by atoms with Crippen molar-refractivity contribution in [2.45, 2.75) is 12.5 Å². The number of rotatable bonds is 6. The van der Waals surface area contributed by atoms with Gasteiger partial charge in [-0.2, -0.15) is 0 Å². The average molecular weight is 432 g/mol. The molecule has 1 amide bonds. The molecule has 1 aliphatic heterocycles. The third kappa shape index (κ3) is 4.27. The number of benzene rings is 2. The molecule has 4 rings (SSSR count). The number of aromatic nitrogens is 1. The summed E-state index contributed by atoms with van der Waals surface area (Å²) >= 11 is 0. The van der Waals surface area contributed by atoms with Crippen molar-refractivity contribution >= 4 is 11.9 Å². The van der Waals surface area contributed by atoms with Gasteiger partial charge in [-0.15, -0.1) is 0 Å². The molecule has 0 unspecified atom stereocenters. The van der Waals surface area contributed by atoms with Gasteiger partial charge in [0.15, 0.2) is 18.1 Å². The highest BCUT2D eigenvalue weighted by Gasteiger charge is 2.33. The molecule has 0 fully saturated rings. The molecule has 0 bridgehead atoms. The van der Waals surface area contributed by atoms with Gasteiger partial charge in [0, 0.05) is 18.9 Å². The number of nitrogens with zero attached hydrogens (tertiary/aromatic N) is 2. The van der Waals surface area contributed by atoms with Crippen LogP contribution in [-0.4, -0.2) is 49.1 Å². The van der Waals surface area contributed by atoms with Crippen LogP contribution in [0.3, 0.4) is 0 Å². The van der Waals surface area contributed by atoms with E-state index in [-0.39, 0.29) is 18.6 Å². The second-order valence-corrected chi connectivity index (χ2v) is 7.37. The topological polar surface area (TPSA) is 78.0 Å². The summed E-state index contributed by atoms with van der Waals surface area (Å²) in [6.07, 6.45) is 3.67. The molecule has 0 saturated carbocycles. The van der Waals surface area contributed by atoms with Crippen molar-refractivity contribution in [2.24, 2.45) is 0 Å². The molecule has 0 radical (unpaired) electrons. The lowest BCUT2D eigenvalue weighted by atomic mass is 9.87. The quantitative estimate of drug-likeness (QED) is 0.556. The summed E-state index contributed by atoms with van der Waals surface area (Å²) in [5, 5.41) is 0. The Morgan fingerprint density at radius 1 is 1.00 bits per heavy atom. The summed E-state index contributed by atoms with van der Waals surface area (Å²) in [6, 6.07) is 16.5. The number of hydrogen-bond acceptors (Lipinski definition) is 6. The third-order valence-electron chi connectivity index (χ3n) is 5.55. The van der Waals surface area contributed by atoms with Crippen LogP contribution < -0.4 is 9.47 Å². The van der Waals surface area contributed by atoms with Gasteiger partial charge < -0.3 is 19.1 Å². The van der Waals surface area contributed by atoms with E-state index in [4.69, 9.17) is 14.2 Å². The van der Waals surface area contributed by atoms with Gasteiger partial charge in [0.05, 0.1) is 25.8 Å². The van der Waals surface area contributed by atoms with Crippen LogP contribution in [0.4, 0.5) is 0 Å². The first-order chi connectivity index (χ1) is 15.6. The summed E-state index contributed by atoms with van der Waals surface area (Å²) in [4.78, 5) is 31.1. The molecule has 0 aliphatic carbocycles. The van der Waals surface area contributed by atoms with Crippen LogP contribution in [0, 0.1) is 0 Å². The lowest BCUT2D eigenvalue weighted by molar-refractivity contribution is -0.136. The van der Waals surface area contributed by atoms with Gasteiger partial charge >= 0.3 is 5.97 Å². The molecule has 0 saturated heterocycles. The van der Waals surface area contributed by atoms with Gasteiger partial charge in [-0.05, 0) is 47.4 Å². The Hall–Kier alpha value is -3.87. The highest BCUT2D eigenvalue weighted by atomic mass is 16.5. The van der Waals surface area contributed by atoms with E-state index in [1.807, 2.05) is 42.5 Å². The zero-order chi connectivity index (χ0) is 22.5. The second-order valence-electron chi connectivity index (χ2n) is 7.37. The second kappa shape index (κ2) is 9.51. The van der Waals surface area contributed by atoms with Crippen molar-refractivity contribution in [3.8, 4) is 11.5 Å². The van der Waals surface area contributed by atoms with E-state index in [0.29, 0.717) is 30.0 Å². The van der Waals surface area contributed by atoms with Crippen molar-refractivity contribution in [1.29, 1.82) is 0 Å². The standard InChI is InChI=1S/C25H24N2O5/c1-30-21-14-19-10-13-27(23(28)16-32-25(29)18-8-11-26-12-9-18)24(17-6-4-3-5-7-17)20(19)15-22(21)31-2/h3-9,11-12,14-15,24H,10,13,16H2,1-2H3/t24-/m1/s1. The van der Waals surface area contributed by atoms with E-state index >= 15 is 0 Å². The Kier molecular flexibility index (Phi) is 6.35. The molecule has 0 N–H and O–H groups in total. The maximum Gasteiger partial charge on any atom is 0.338 e. The number of fused-ring (bicyclic) bond motifs is 1. The molecule has 3 aromatic rings. The maximum absolute atomic E-state index is 13.2. The van der Waals surface area contributed by atoms with Gasteiger partial charge in [0.2, 0.25) is 0 Å².